The average Bonchev–Trinajstić information content (AvgIpc) is 3.06. The number of esters is 1. The van der Waals surface area contributed by atoms with Crippen LogP contribution in [-0.4, -0.2) is 18.2 Å². The molecule has 3 nitrogen and oxygen atoms in total. The summed E-state index contributed by atoms with van der Waals surface area (Å²) in [6, 6.07) is 10.6. The Morgan fingerprint density at radius 1 is 1.33 bits per heavy atom. The van der Waals surface area contributed by atoms with E-state index >= 15 is 0 Å². The molecular weight excluding hydrogens is 338 g/mol. The van der Waals surface area contributed by atoms with Crippen LogP contribution >= 0.6 is 17.4 Å². The third-order valence-electron chi connectivity index (χ3n) is 5.70. The molecule has 0 bridgehead atoms. The van der Waals surface area contributed by atoms with E-state index in [1.165, 1.54) is 5.56 Å². The number of ether oxygens (including phenoxy) is 1. The fourth-order valence-electron chi connectivity index (χ4n) is 4.45. The van der Waals surface area contributed by atoms with Crippen molar-refractivity contribution in [1.82, 2.24) is 0 Å². The molecule has 0 radical (unpaired) electrons. The van der Waals surface area contributed by atoms with E-state index in [0.29, 0.717) is 38.8 Å². The van der Waals surface area contributed by atoms with Crippen LogP contribution in [-0.2, 0) is 20.5 Å². The van der Waals surface area contributed by atoms with Gasteiger partial charge < -0.3 is 9.26 Å². The van der Waals surface area contributed by atoms with Crippen molar-refractivity contribution < 1.29 is 14.1 Å². The van der Waals surface area contributed by atoms with Crippen molar-refractivity contribution in [2.45, 2.75) is 57.7 Å². The standard InChI is InChI=1S/C19H28O3P2/c1-13-11-18-17(12-19(20)21-18)16(13)10-9-15(22-24-23)8-7-14-5-3-2-4-6-14/h2-6,13,15-18,24H,7-12,23H2,1H3/t13-,15+,16+,17-,18+/m1/s1. The van der Waals surface area contributed by atoms with Gasteiger partial charge in [0.1, 0.15) is 6.10 Å². The number of carbonyl (C=O) groups is 1. The Kier molecular flexibility index (Phi) is 6.67. The molecule has 132 valence electrons. The molecule has 1 aromatic rings. The highest BCUT2D eigenvalue weighted by Crippen LogP contribution is 2.47. The Bertz CT molecular complexity index is 537. The van der Waals surface area contributed by atoms with E-state index in [0.717, 1.165) is 32.1 Å². The molecule has 3 rings (SSSR count). The number of aryl methyl sites for hydroxylation is 1. The first-order valence-corrected chi connectivity index (χ1v) is 11.7. The smallest absolute Gasteiger partial charge is 0.306 e. The minimum Gasteiger partial charge on any atom is -0.462 e. The van der Waals surface area contributed by atoms with Gasteiger partial charge in [0.2, 0.25) is 0 Å². The van der Waals surface area contributed by atoms with Crippen molar-refractivity contribution in [3.63, 3.8) is 0 Å². The second-order valence-electron chi connectivity index (χ2n) is 7.23. The van der Waals surface area contributed by atoms with Crippen LogP contribution in [0.2, 0.25) is 0 Å². The SMILES string of the molecule is C[C@@H]1C[C@@H]2OC(=O)C[C@@H]2[C@H]1CC[C@H](CCc1ccccc1)OPP. The lowest BCUT2D eigenvalue weighted by Crippen LogP contribution is -2.19. The van der Waals surface area contributed by atoms with Gasteiger partial charge in [-0.3, -0.25) is 4.79 Å². The fraction of sp³-hybridized carbons (Fsp3) is 0.632. The lowest BCUT2D eigenvalue weighted by molar-refractivity contribution is -0.141. The van der Waals surface area contributed by atoms with Gasteiger partial charge in [0.05, 0.1) is 12.5 Å². The Hall–Kier alpha value is -0.490. The number of fused-ring (bicyclic) bond motifs is 1. The van der Waals surface area contributed by atoms with Gasteiger partial charge >= 0.3 is 5.97 Å². The minimum atomic E-state index is 0.00483. The van der Waals surface area contributed by atoms with E-state index in [2.05, 4.69) is 46.2 Å². The van der Waals surface area contributed by atoms with Gasteiger partial charge in [-0.25, -0.2) is 0 Å². The van der Waals surface area contributed by atoms with Gasteiger partial charge in [-0.05, 0) is 49.5 Å². The summed E-state index contributed by atoms with van der Waals surface area (Å²) in [5.74, 6) is 1.71. The van der Waals surface area contributed by atoms with Crippen molar-refractivity contribution in [2.24, 2.45) is 17.8 Å². The van der Waals surface area contributed by atoms with E-state index < -0.39 is 0 Å². The van der Waals surface area contributed by atoms with Crippen LogP contribution in [0.5, 0.6) is 0 Å². The molecule has 7 atom stereocenters. The van der Waals surface area contributed by atoms with Gasteiger partial charge in [-0.15, -0.1) is 0 Å². The van der Waals surface area contributed by atoms with Crippen LogP contribution in [0.15, 0.2) is 30.3 Å². The van der Waals surface area contributed by atoms with Crippen molar-refractivity contribution in [3.8, 4) is 0 Å². The lowest BCUT2D eigenvalue weighted by Gasteiger charge is -2.23. The van der Waals surface area contributed by atoms with Crippen molar-refractivity contribution >= 4 is 23.4 Å². The first-order valence-electron chi connectivity index (χ1n) is 9.02. The molecule has 5 heteroatoms. The summed E-state index contributed by atoms with van der Waals surface area (Å²) in [5.41, 5.74) is 1.38. The Balaban J connectivity index is 1.51. The Morgan fingerprint density at radius 2 is 2.12 bits per heavy atom. The molecule has 2 unspecified atom stereocenters. The largest absolute Gasteiger partial charge is 0.462 e. The quantitative estimate of drug-likeness (QED) is 0.492. The molecule has 0 amide bonds. The molecule has 0 aromatic heterocycles. The van der Waals surface area contributed by atoms with E-state index in [9.17, 15) is 4.79 Å². The van der Waals surface area contributed by atoms with Gasteiger partial charge in [0.25, 0.3) is 0 Å². The topological polar surface area (TPSA) is 35.5 Å². The van der Waals surface area contributed by atoms with E-state index in [1.54, 1.807) is 0 Å². The highest BCUT2D eigenvalue weighted by atomic mass is 32.0. The van der Waals surface area contributed by atoms with Gasteiger partial charge in [0.15, 0.2) is 0 Å². The molecule has 1 heterocycles. The normalized spacial score (nSPS) is 30.7. The molecule has 2 fully saturated rings. The second kappa shape index (κ2) is 8.75. The van der Waals surface area contributed by atoms with Gasteiger partial charge in [-0.2, -0.15) is 0 Å². The number of rotatable bonds is 8. The van der Waals surface area contributed by atoms with E-state index in [4.69, 9.17) is 9.26 Å². The number of carbonyl (C=O) groups excluding carboxylic acids is 1. The van der Waals surface area contributed by atoms with Crippen LogP contribution in [0.4, 0.5) is 0 Å². The van der Waals surface area contributed by atoms with Gasteiger partial charge in [-0.1, -0.05) is 46.2 Å². The first-order chi connectivity index (χ1) is 11.7. The zero-order valence-electron chi connectivity index (χ0n) is 14.3. The van der Waals surface area contributed by atoms with E-state index in [-0.39, 0.29) is 12.1 Å². The Morgan fingerprint density at radius 3 is 2.88 bits per heavy atom. The summed E-state index contributed by atoms with van der Waals surface area (Å²) >= 11 is 0. The summed E-state index contributed by atoms with van der Waals surface area (Å²) in [7, 11) is 3.15. The maximum atomic E-state index is 11.6. The molecule has 1 aromatic carbocycles. The third-order valence-corrected chi connectivity index (χ3v) is 6.58. The zero-order valence-corrected chi connectivity index (χ0v) is 16.5. The van der Waals surface area contributed by atoms with Crippen LogP contribution in [0, 0.1) is 17.8 Å². The van der Waals surface area contributed by atoms with Crippen molar-refractivity contribution in [1.29, 1.82) is 0 Å². The number of hydrogen-bond acceptors (Lipinski definition) is 3. The third kappa shape index (κ3) is 4.57. The van der Waals surface area contributed by atoms with Crippen LogP contribution in [0.25, 0.3) is 0 Å². The van der Waals surface area contributed by atoms with E-state index in [1.807, 2.05) is 0 Å². The number of benzene rings is 1. The minimum absolute atomic E-state index is 0.00483. The number of hydrogen-bond donors (Lipinski definition) is 0. The highest BCUT2D eigenvalue weighted by molar-refractivity contribution is 8.00. The molecule has 1 aliphatic heterocycles. The molecule has 2 aliphatic rings. The van der Waals surface area contributed by atoms with Crippen molar-refractivity contribution in [3.05, 3.63) is 35.9 Å². The summed E-state index contributed by atoms with van der Waals surface area (Å²) < 4.78 is 11.5. The van der Waals surface area contributed by atoms with Gasteiger partial charge in [0, 0.05) is 14.4 Å². The summed E-state index contributed by atoms with van der Waals surface area (Å²) in [6.45, 7) is 2.31. The fourth-order valence-corrected chi connectivity index (χ4v) is 5.45. The predicted octanol–water partition coefficient (Wildman–Crippen LogP) is 4.76. The monoisotopic (exact) mass is 366 g/mol. The molecule has 0 N–H and O–H groups in total. The van der Waals surface area contributed by atoms with Crippen LogP contribution in [0.3, 0.4) is 0 Å². The lowest BCUT2D eigenvalue weighted by atomic mass is 9.84. The summed E-state index contributed by atoms with van der Waals surface area (Å²) in [4.78, 5) is 11.6. The highest BCUT2D eigenvalue weighted by Gasteiger charge is 2.48. The second-order valence-corrected chi connectivity index (χ2v) is 8.41. The zero-order chi connectivity index (χ0) is 16.9. The molecule has 1 aliphatic carbocycles. The molecular formula is C19H28O3P2. The molecule has 0 spiro atoms. The molecule has 1 saturated heterocycles. The Labute approximate surface area is 149 Å². The maximum Gasteiger partial charge on any atom is 0.306 e. The van der Waals surface area contributed by atoms with Crippen molar-refractivity contribution in [2.75, 3.05) is 0 Å². The first kappa shape index (κ1) is 18.3. The predicted molar refractivity (Wildman–Crippen MR) is 102 cm³/mol. The summed E-state index contributed by atoms with van der Waals surface area (Å²) in [6.07, 6.45) is 6.52. The molecule has 24 heavy (non-hydrogen) atoms. The average molecular weight is 366 g/mol. The van der Waals surface area contributed by atoms with Crippen LogP contribution < -0.4 is 0 Å². The summed E-state index contributed by atoms with van der Waals surface area (Å²) in [5, 5.41) is 0. The maximum absolute atomic E-state index is 11.6. The molecule has 1 saturated carbocycles. The van der Waals surface area contributed by atoms with Crippen LogP contribution in [0.1, 0.15) is 44.6 Å².